The van der Waals surface area contributed by atoms with Crippen molar-refractivity contribution >= 4 is 17.3 Å². The van der Waals surface area contributed by atoms with Gasteiger partial charge in [-0.2, -0.15) is 0 Å². The van der Waals surface area contributed by atoms with Crippen molar-refractivity contribution in [2.45, 2.75) is 31.7 Å². The Labute approximate surface area is 166 Å². The minimum atomic E-state index is 0.0180. The number of hydrogen-bond donors (Lipinski definition) is 1. The van der Waals surface area contributed by atoms with Crippen LogP contribution in [0.4, 0.5) is 11.4 Å². The molecule has 0 spiro atoms. The molecule has 0 atom stereocenters. The number of aromatic nitrogens is 1. The molecule has 1 aliphatic heterocycles. The third-order valence-corrected chi connectivity index (χ3v) is 5.71. The Bertz CT molecular complexity index is 794. The van der Waals surface area contributed by atoms with Crippen molar-refractivity contribution in [3.8, 4) is 5.75 Å². The molecule has 0 bridgehead atoms. The Balaban J connectivity index is 1.35. The van der Waals surface area contributed by atoms with E-state index in [0.29, 0.717) is 24.8 Å². The van der Waals surface area contributed by atoms with Gasteiger partial charge in [-0.3, -0.25) is 9.78 Å². The summed E-state index contributed by atoms with van der Waals surface area (Å²) in [4.78, 5) is 21.4. The Morgan fingerprint density at radius 3 is 2.46 bits per heavy atom. The first-order chi connectivity index (χ1) is 13.7. The normalized spacial score (nSPS) is 17.6. The highest BCUT2D eigenvalue weighted by molar-refractivity contribution is 5.93. The van der Waals surface area contributed by atoms with E-state index in [2.05, 4.69) is 27.3 Å². The highest BCUT2D eigenvalue weighted by Gasteiger charge is 2.24. The summed E-state index contributed by atoms with van der Waals surface area (Å²) in [5.41, 5.74) is 2.69. The fraction of sp³-hybridized carbons (Fsp3) is 0.455. The van der Waals surface area contributed by atoms with Crippen LogP contribution >= 0.6 is 0 Å². The Hall–Kier alpha value is -2.76. The van der Waals surface area contributed by atoms with Gasteiger partial charge in [0.1, 0.15) is 11.4 Å². The number of carbonyl (C=O) groups excluding carboxylic acids is 1. The molecule has 0 radical (unpaired) electrons. The zero-order chi connectivity index (χ0) is 19.3. The first kappa shape index (κ1) is 18.6. The predicted octanol–water partition coefficient (Wildman–Crippen LogP) is 3.41. The number of rotatable bonds is 5. The number of nitrogens with one attached hydrogen (secondary N) is 1. The fourth-order valence-corrected chi connectivity index (χ4v) is 4.07. The van der Waals surface area contributed by atoms with Gasteiger partial charge in [0, 0.05) is 49.8 Å². The third kappa shape index (κ3) is 4.21. The van der Waals surface area contributed by atoms with Crippen LogP contribution in [0.25, 0.3) is 0 Å². The number of nitrogens with zero attached hydrogens (tertiary/aromatic N) is 3. The molecular formula is C22H28N4O2. The van der Waals surface area contributed by atoms with Crippen molar-refractivity contribution in [1.82, 2.24) is 9.88 Å². The van der Waals surface area contributed by atoms with E-state index in [1.165, 1.54) is 25.7 Å². The zero-order valence-corrected chi connectivity index (χ0v) is 16.4. The fourth-order valence-electron chi connectivity index (χ4n) is 4.07. The second-order valence-corrected chi connectivity index (χ2v) is 7.53. The number of anilines is 2. The maximum absolute atomic E-state index is 12.9. The monoisotopic (exact) mass is 380 g/mol. The maximum atomic E-state index is 12.9. The van der Waals surface area contributed by atoms with Crippen molar-refractivity contribution in [1.29, 1.82) is 0 Å². The SMILES string of the molecule is COc1ccc(N2CCN(C(=O)c3cc(NC4CCCC4)ccn3)CC2)cc1. The Morgan fingerprint density at radius 2 is 1.79 bits per heavy atom. The van der Waals surface area contributed by atoms with Crippen LogP contribution < -0.4 is 15.0 Å². The van der Waals surface area contributed by atoms with E-state index in [9.17, 15) is 4.79 Å². The smallest absolute Gasteiger partial charge is 0.272 e. The van der Waals surface area contributed by atoms with E-state index in [4.69, 9.17) is 4.74 Å². The Morgan fingerprint density at radius 1 is 1.07 bits per heavy atom. The van der Waals surface area contributed by atoms with Crippen molar-refractivity contribution in [2.75, 3.05) is 43.5 Å². The van der Waals surface area contributed by atoms with E-state index in [1.54, 1.807) is 13.3 Å². The first-order valence-electron chi connectivity index (χ1n) is 10.1. The Kier molecular flexibility index (Phi) is 5.65. The van der Waals surface area contributed by atoms with Gasteiger partial charge in [0.25, 0.3) is 5.91 Å². The molecule has 6 heteroatoms. The lowest BCUT2D eigenvalue weighted by molar-refractivity contribution is 0.0741. The minimum absolute atomic E-state index is 0.0180. The highest BCUT2D eigenvalue weighted by atomic mass is 16.5. The van der Waals surface area contributed by atoms with E-state index in [1.807, 2.05) is 29.2 Å². The number of amides is 1. The van der Waals surface area contributed by atoms with Crippen molar-refractivity contribution in [2.24, 2.45) is 0 Å². The number of hydrogen-bond acceptors (Lipinski definition) is 5. The molecule has 148 valence electrons. The number of carbonyl (C=O) groups is 1. The number of pyridine rings is 1. The lowest BCUT2D eigenvalue weighted by Gasteiger charge is -2.36. The lowest BCUT2D eigenvalue weighted by atomic mass is 10.2. The van der Waals surface area contributed by atoms with Gasteiger partial charge in [0.2, 0.25) is 0 Å². The zero-order valence-electron chi connectivity index (χ0n) is 16.4. The summed E-state index contributed by atoms with van der Waals surface area (Å²) in [6, 6.07) is 12.5. The number of benzene rings is 1. The molecule has 1 saturated carbocycles. The van der Waals surface area contributed by atoms with E-state index in [-0.39, 0.29) is 5.91 Å². The second-order valence-electron chi connectivity index (χ2n) is 7.53. The molecule has 1 aromatic carbocycles. The second kappa shape index (κ2) is 8.50. The molecule has 2 heterocycles. The first-order valence-corrected chi connectivity index (χ1v) is 10.1. The average Bonchev–Trinajstić information content (AvgIpc) is 3.27. The topological polar surface area (TPSA) is 57.7 Å². The van der Waals surface area contributed by atoms with Crippen molar-refractivity contribution in [3.05, 3.63) is 48.3 Å². The van der Waals surface area contributed by atoms with Gasteiger partial charge in [-0.05, 0) is 49.2 Å². The summed E-state index contributed by atoms with van der Waals surface area (Å²) in [5.74, 6) is 0.874. The van der Waals surface area contributed by atoms with Crippen molar-refractivity contribution < 1.29 is 9.53 Å². The summed E-state index contributed by atoms with van der Waals surface area (Å²) in [6.45, 7) is 3.04. The standard InChI is InChI=1S/C22H28N4O2/c1-28-20-8-6-19(7-9-20)25-12-14-26(15-13-25)22(27)21-16-18(10-11-23-21)24-17-4-2-3-5-17/h6-11,16-17H,2-5,12-15H2,1H3,(H,23,24). The van der Waals surface area contributed by atoms with Crippen LogP contribution in [0.5, 0.6) is 5.75 Å². The molecule has 2 aliphatic rings. The van der Waals surface area contributed by atoms with Gasteiger partial charge in [0.05, 0.1) is 7.11 Å². The number of methoxy groups -OCH3 is 1. The van der Waals surface area contributed by atoms with Gasteiger partial charge in [-0.25, -0.2) is 0 Å². The molecule has 28 heavy (non-hydrogen) atoms. The van der Waals surface area contributed by atoms with Crippen LogP contribution in [0, 0.1) is 0 Å². The van der Waals surface area contributed by atoms with Crippen LogP contribution in [0.15, 0.2) is 42.6 Å². The third-order valence-electron chi connectivity index (χ3n) is 5.71. The molecule has 1 N–H and O–H groups in total. The van der Waals surface area contributed by atoms with Gasteiger partial charge in [-0.1, -0.05) is 12.8 Å². The molecule has 2 fully saturated rings. The maximum Gasteiger partial charge on any atom is 0.272 e. The molecule has 1 aromatic heterocycles. The quantitative estimate of drug-likeness (QED) is 0.861. The largest absolute Gasteiger partial charge is 0.497 e. The number of piperazine rings is 1. The van der Waals surface area contributed by atoms with Crippen LogP contribution in [-0.2, 0) is 0 Å². The van der Waals surface area contributed by atoms with E-state index >= 15 is 0 Å². The van der Waals surface area contributed by atoms with Crippen LogP contribution in [0.2, 0.25) is 0 Å². The van der Waals surface area contributed by atoms with Crippen LogP contribution in [0.3, 0.4) is 0 Å². The minimum Gasteiger partial charge on any atom is -0.497 e. The molecule has 1 amide bonds. The lowest BCUT2D eigenvalue weighted by Crippen LogP contribution is -2.49. The molecule has 1 saturated heterocycles. The van der Waals surface area contributed by atoms with Crippen LogP contribution in [-0.4, -0.2) is 55.1 Å². The van der Waals surface area contributed by atoms with E-state index in [0.717, 1.165) is 30.2 Å². The van der Waals surface area contributed by atoms with Crippen molar-refractivity contribution in [3.63, 3.8) is 0 Å². The summed E-state index contributed by atoms with van der Waals surface area (Å²) < 4.78 is 5.22. The predicted molar refractivity (Wildman–Crippen MR) is 111 cm³/mol. The molecule has 2 aromatic rings. The molecular weight excluding hydrogens is 352 g/mol. The van der Waals surface area contributed by atoms with Crippen LogP contribution in [0.1, 0.15) is 36.2 Å². The summed E-state index contributed by atoms with van der Waals surface area (Å²) in [5, 5.41) is 3.55. The molecule has 4 rings (SSSR count). The van der Waals surface area contributed by atoms with Gasteiger partial charge >= 0.3 is 0 Å². The molecule has 0 unspecified atom stereocenters. The highest BCUT2D eigenvalue weighted by Crippen LogP contribution is 2.23. The van der Waals surface area contributed by atoms with Gasteiger partial charge in [0.15, 0.2) is 0 Å². The van der Waals surface area contributed by atoms with Gasteiger partial charge < -0.3 is 19.9 Å². The van der Waals surface area contributed by atoms with E-state index < -0.39 is 0 Å². The summed E-state index contributed by atoms with van der Waals surface area (Å²) in [7, 11) is 1.67. The van der Waals surface area contributed by atoms with Gasteiger partial charge in [-0.15, -0.1) is 0 Å². The summed E-state index contributed by atoms with van der Waals surface area (Å²) >= 11 is 0. The number of ether oxygens (including phenoxy) is 1. The molecule has 1 aliphatic carbocycles. The summed E-state index contributed by atoms with van der Waals surface area (Å²) in [6.07, 6.45) is 6.72. The molecule has 6 nitrogen and oxygen atoms in total. The average molecular weight is 380 g/mol.